The SMILES string of the molecule is CCOCCCNC(=O)N1CCN(CC(=O)NCc2ccccc2)CC1. The first kappa shape index (κ1) is 20.2. The first-order chi connectivity index (χ1) is 12.7. The van der Waals surface area contributed by atoms with Crippen molar-refractivity contribution < 1.29 is 14.3 Å². The Balaban J connectivity index is 1.58. The zero-order valence-corrected chi connectivity index (χ0v) is 15.6. The maximum atomic E-state index is 12.1. The fraction of sp³-hybridized carbons (Fsp3) is 0.579. The highest BCUT2D eigenvalue weighted by atomic mass is 16.5. The second kappa shape index (κ2) is 11.5. The third-order valence-corrected chi connectivity index (χ3v) is 4.31. The summed E-state index contributed by atoms with van der Waals surface area (Å²) >= 11 is 0. The van der Waals surface area contributed by atoms with Gasteiger partial charge in [0.15, 0.2) is 0 Å². The molecule has 0 aliphatic carbocycles. The lowest BCUT2D eigenvalue weighted by atomic mass is 10.2. The van der Waals surface area contributed by atoms with Crippen LogP contribution in [-0.4, -0.2) is 74.2 Å². The Morgan fingerprint density at radius 2 is 1.81 bits per heavy atom. The molecule has 0 saturated carbocycles. The number of nitrogens with one attached hydrogen (secondary N) is 2. The molecule has 3 amide bonds. The van der Waals surface area contributed by atoms with Crippen LogP contribution < -0.4 is 10.6 Å². The molecular weight excluding hydrogens is 332 g/mol. The number of piperazine rings is 1. The third-order valence-electron chi connectivity index (χ3n) is 4.31. The Morgan fingerprint density at radius 3 is 2.50 bits per heavy atom. The molecule has 144 valence electrons. The summed E-state index contributed by atoms with van der Waals surface area (Å²) in [5.74, 6) is 0.0164. The number of urea groups is 1. The van der Waals surface area contributed by atoms with Crippen molar-refractivity contribution in [1.29, 1.82) is 0 Å². The summed E-state index contributed by atoms with van der Waals surface area (Å²) in [4.78, 5) is 28.1. The molecule has 7 heteroatoms. The number of amides is 3. The van der Waals surface area contributed by atoms with Gasteiger partial charge in [0, 0.05) is 52.5 Å². The first-order valence-electron chi connectivity index (χ1n) is 9.32. The molecule has 0 unspecified atom stereocenters. The third kappa shape index (κ3) is 7.41. The number of carbonyl (C=O) groups is 2. The van der Waals surface area contributed by atoms with Crippen LogP contribution in [0, 0.1) is 0 Å². The van der Waals surface area contributed by atoms with Crippen LogP contribution in [0.3, 0.4) is 0 Å². The van der Waals surface area contributed by atoms with Gasteiger partial charge in [-0.05, 0) is 18.9 Å². The second-order valence-electron chi connectivity index (χ2n) is 6.31. The van der Waals surface area contributed by atoms with Crippen molar-refractivity contribution in [3.8, 4) is 0 Å². The fourth-order valence-corrected chi connectivity index (χ4v) is 2.79. The number of rotatable bonds is 9. The maximum absolute atomic E-state index is 12.1. The average Bonchev–Trinajstić information content (AvgIpc) is 2.67. The molecule has 0 bridgehead atoms. The molecule has 26 heavy (non-hydrogen) atoms. The summed E-state index contributed by atoms with van der Waals surface area (Å²) in [6, 6.07) is 9.83. The number of carbonyl (C=O) groups excluding carboxylic acids is 2. The summed E-state index contributed by atoms with van der Waals surface area (Å²) in [5, 5.41) is 5.85. The number of ether oxygens (including phenoxy) is 1. The van der Waals surface area contributed by atoms with Gasteiger partial charge in [0.1, 0.15) is 0 Å². The van der Waals surface area contributed by atoms with E-state index in [4.69, 9.17) is 4.74 Å². The van der Waals surface area contributed by atoms with E-state index in [1.807, 2.05) is 37.3 Å². The van der Waals surface area contributed by atoms with Crippen molar-refractivity contribution in [1.82, 2.24) is 20.4 Å². The minimum absolute atomic E-state index is 0.0164. The monoisotopic (exact) mass is 362 g/mol. The minimum Gasteiger partial charge on any atom is -0.382 e. The molecule has 0 atom stereocenters. The van der Waals surface area contributed by atoms with Gasteiger partial charge in [0.25, 0.3) is 0 Å². The number of hydrogen-bond donors (Lipinski definition) is 2. The van der Waals surface area contributed by atoms with E-state index < -0.39 is 0 Å². The van der Waals surface area contributed by atoms with E-state index in [-0.39, 0.29) is 11.9 Å². The molecule has 0 aromatic heterocycles. The van der Waals surface area contributed by atoms with Gasteiger partial charge in [-0.15, -0.1) is 0 Å². The van der Waals surface area contributed by atoms with Gasteiger partial charge in [0.2, 0.25) is 5.91 Å². The Hall–Kier alpha value is -2.12. The maximum Gasteiger partial charge on any atom is 0.317 e. The van der Waals surface area contributed by atoms with Gasteiger partial charge in [-0.2, -0.15) is 0 Å². The zero-order chi connectivity index (χ0) is 18.6. The highest BCUT2D eigenvalue weighted by molar-refractivity contribution is 5.78. The summed E-state index contributed by atoms with van der Waals surface area (Å²) in [6.07, 6.45) is 0.821. The van der Waals surface area contributed by atoms with Crippen molar-refractivity contribution in [2.75, 3.05) is 52.5 Å². The van der Waals surface area contributed by atoms with Crippen molar-refractivity contribution in [2.45, 2.75) is 19.9 Å². The van der Waals surface area contributed by atoms with Crippen molar-refractivity contribution in [2.24, 2.45) is 0 Å². The summed E-state index contributed by atoms with van der Waals surface area (Å²) < 4.78 is 5.25. The molecular formula is C19H30N4O3. The average molecular weight is 362 g/mol. The first-order valence-corrected chi connectivity index (χ1v) is 9.32. The molecule has 2 N–H and O–H groups in total. The van der Waals surface area contributed by atoms with E-state index in [0.717, 1.165) is 12.0 Å². The van der Waals surface area contributed by atoms with Crippen LogP contribution >= 0.6 is 0 Å². The van der Waals surface area contributed by atoms with Gasteiger partial charge in [-0.1, -0.05) is 30.3 Å². The summed E-state index contributed by atoms with van der Waals surface area (Å²) in [7, 11) is 0. The standard InChI is InChI=1S/C19H30N4O3/c1-2-26-14-6-9-20-19(25)23-12-10-22(11-13-23)16-18(24)21-15-17-7-4-3-5-8-17/h3-5,7-8H,2,6,9-16H2,1H3,(H,20,25)(H,21,24). The van der Waals surface area contributed by atoms with Crippen LogP contribution in [0.4, 0.5) is 4.79 Å². The molecule has 1 aromatic rings. The van der Waals surface area contributed by atoms with Crippen molar-refractivity contribution in [3.05, 3.63) is 35.9 Å². The predicted octanol–water partition coefficient (Wildman–Crippen LogP) is 1.06. The lowest BCUT2D eigenvalue weighted by Gasteiger charge is -2.34. The fourth-order valence-electron chi connectivity index (χ4n) is 2.79. The van der Waals surface area contributed by atoms with Gasteiger partial charge in [0.05, 0.1) is 6.54 Å². The molecule has 1 aliphatic heterocycles. The molecule has 7 nitrogen and oxygen atoms in total. The topological polar surface area (TPSA) is 73.9 Å². The van der Waals surface area contributed by atoms with E-state index in [9.17, 15) is 9.59 Å². The molecule has 0 radical (unpaired) electrons. The molecule has 1 aliphatic rings. The van der Waals surface area contributed by atoms with E-state index in [1.165, 1.54) is 0 Å². The van der Waals surface area contributed by atoms with Crippen LogP contribution in [0.2, 0.25) is 0 Å². The quantitative estimate of drug-likeness (QED) is 0.644. The smallest absolute Gasteiger partial charge is 0.317 e. The van der Waals surface area contributed by atoms with Crippen LogP contribution in [0.5, 0.6) is 0 Å². The number of hydrogen-bond acceptors (Lipinski definition) is 4. The van der Waals surface area contributed by atoms with Gasteiger partial charge in [-0.3, -0.25) is 9.69 Å². The minimum atomic E-state index is -0.0327. The second-order valence-corrected chi connectivity index (χ2v) is 6.31. The highest BCUT2D eigenvalue weighted by Crippen LogP contribution is 2.02. The van der Waals surface area contributed by atoms with E-state index in [1.54, 1.807) is 4.90 Å². The Morgan fingerprint density at radius 1 is 1.08 bits per heavy atom. The zero-order valence-electron chi connectivity index (χ0n) is 15.6. The largest absolute Gasteiger partial charge is 0.382 e. The van der Waals surface area contributed by atoms with E-state index >= 15 is 0 Å². The molecule has 1 saturated heterocycles. The lowest BCUT2D eigenvalue weighted by molar-refractivity contribution is -0.122. The Bertz CT molecular complexity index is 545. The van der Waals surface area contributed by atoms with Crippen LogP contribution in [0.25, 0.3) is 0 Å². The van der Waals surface area contributed by atoms with E-state index in [0.29, 0.717) is 59.0 Å². The molecule has 0 spiro atoms. The summed E-state index contributed by atoms with van der Waals surface area (Å²) in [5.41, 5.74) is 1.09. The number of nitrogens with zero attached hydrogens (tertiary/aromatic N) is 2. The molecule has 1 fully saturated rings. The molecule has 2 rings (SSSR count). The van der Waals surface area contributed by atoms with Crippen LogP contribution in [0.1, 0.15) is 18.9 Å². The molecule has 1 heterocycles. The van der Waals surface area contributed by atoms with Crippen molar-refractivity contribution in [3.63, 3.8) is 0 Å². The van der Waals surface area contributed by atoms with E-state index in [2.05, 4.69) is 15.5 Å². The van der Waals surface area contributed by atoms with Gasteiger partial charge in [-0.25, -0.2) is 4.79 Å². The Kier molecular flexibility index (Phi) is 8.92. The predicted molar refractivity (Wildman–Crippen MR) is 101 cm³/mol. The normalized spacial score (nSPS) is 14.9. The van der Waals surface area contributed by atoms with Crippen LogP contribution in [0.15, 0.2) is 30.3 Å². The highest BCUT2D eigenvalue weighted by Gasteiger charge is 2.22. The summed E-state index contributed by atoms with van der Waals surface area (Å²) in [6.45, 7) is 7.58. The van der Waals surface area contributed by atoms with Crippen LogP contribution in [-0.2, 0) is 16.1 Å². The van der Waals surface area contributed by atoms with Crippen molar-refractivity contribution >= 4 is 11.9 Å². The lowest BCUT2D eigenvalue weighted by Crippen LogP contribution is -2.53. The van der Waals surface area contributed by atoms with Gasteiger partial charge >= 0.3 is 6.03 Å². The van der Waals surface area contributed by atoms with Gasteiger partial charge < -0.3 is 20.3 Å². The Labute approximate surface area is 155 Å². The molecule has 1 aromatic carbocycles. The number of benzene rings is 1.